The molecule has 2 heteroatoms. The molecular formula is C13H21BrS. The molecule has 0 radical (unpaired) electrons. The number of alkyl halides is 1. The molecule has 0 saturated heterocycles. The van der Waals surface area contributed by atoms with Gasteiger partial charge in [-0.15, -0.1) is 11.3 Å². The third-order valence-electron chi connectivity index (χ3n) is 2.65. The van der Waals surface area contributed by atoms with E-state index in [0.717, 1.165) is 0 Å². The van der Waals surface area contributed by atoms with Crippen LogP contribution in [0.15, 0.2) is 17.5 Å². The van der Waals surface area contributed by atoms with Gasteiger partial charge in [0.25, 0.3) is 0 Å². The third-order valence-corrected chi connectivity index (χ3v) is 5.42. The summed E-state index contributed by atoms with van der Waals surface area (Å²) in [5, 5.41) is 2.16. The van der Waals surface area contributed by atoms with Crippen LogP contribution in [0.1, 0.15) is 44.9 Å². The Morgan fingerprint density at radius 1 is 1.33 bits per heavy atom. The molecule has 0 aliphatic heterocycles. The fourth-order valence-corrected chi connectivity index (χ4v) is 2.59. The minimum Gasteiger partial charge on any atom is -0.149 e. The van der Waals surface area contributed by atoms with Crippen molar-refractivity contribution in [3.63, 3.8) is 0 Å². The van der Waals surface area contributed by atoms with Crippen LogP contribution in [0.5, 0.6) is 0 Å². The first-order valence-corrected chi connectivity index (χ1v) is 7.46. The quantitative estimate of drug-likeness (QED) is 0.511. The molecule has 0 aliphatic rings. The highest BCUT2D eigenvalue weighted by molar-refractivity contribution is 9.09. The molecule has 0 N–H and O–H groups in total. The van der Waals surface area contributed by atoms with Gasteiger partial charge in [-0.3, -0.25) is 0 Å². The van der Waals surface area contributed by atoms with Gasteiger partial charge in [0.05, 0.1) is 0 Å². The van der Waals surface area contributed by atoms with E-state index in [4.69, 9.17) is 0 Å². The zero-order valence-electron chi connectivity index (χ0n) is 9.92. The minimum absolute atomic E-state index is 0.392. The molecule has 86 valence electrons. The SMILES string of the molecule is CC(C)(C)C(Br)CCCCc1cccs1. The van der Waals surface area contributed by atoms with Gasteiger partial charge < -0.3 is 0 Å². The number of thiophene rings is 1. The molecule has 0 fully saturated rings. The third kappa shape index (κ3) is 5.17. The van der Waals surface area contributed by atoms with Crippen LogP contribution in [-0.2, 0) is 6.42 Å². The summed E-state index contributed by atoms with van der Waals surface area (Å²) >= 11 is 5.66. The van der Waals surface area contributed by atoms with E-state index in [-0.39, 0.29) is 0 Å². The van der Waals surface area contributed by atoms with Gasteiger partial charge in [0, 0.05) is 9.70 Å². The minimum atomic E-state index is 0.392. The Hall–Kier alpha value is 0.180. The van der Waals surface area contributed by atoms with Gasteiger partial charge in [0.15, 0.2) is 0 Å². The molecule has 1 aromatic rings. The second-order valence-electron chi connectivity index (χ2n) is 5.16. The highest BCUT2D eigenvalue weighted by atomic mass is 79.9. The second kappa shape index (κ2) is 6.05. The second-order valence-corrected chi connectivity index (χ2v) is 7.30. The molecular weight excluding hydrogens is 268 g/mol. The van der Waals surface area contributed by atoms with E-state index >= 15 is 0 Å². The van der Waals surface area contributed by atoms with E-state index in [9.17, 15) is 0 Å². The monoisotopic (exact) mass is 288 g/mol. The number of hydrogen-bond acceptors (Lipinski definition) is 1. The lowest BCUT2D eigenvalue weighted by Gasteiger charge is -2.25. The standard InChI is InChI=1S/C13H21BrS/c1-13(2,3)12(14)9-5-4-7-11-8-6-10-15-11/h6,8,10,12H,4-5,7,9H2,1-3H3. The van der Waals surface area contributed by atoms with Crippen LogP contribution < -0.4 is 0 Å². The Bertz CT molecular complexity index is 259. The summed E-state index contributed by atoms with van der Waals surface area (Å²) in [5.41, 5.74) is 0.392. The van der Waals surface area contributed by atoms with Crippen molar-refractivity contribution < 1.29 is 0 Å². The average molecular weight is 289 g/mol. The Morgan fingerprint density at radius 2 is 2.07 bits per heavy atom. The Morgan fingerprint density at radius 3 is 2.60 bits per heavy atom. The van der Waals surface area contributed by atoms with Crippen LogP contribution in [0.4, 0.5) is 0 Å². The molecule has 1 heterocycles. The lowest BCUT2D eigenvalue weighted by molar-refractivity contribution is 0.378. The molecule has 0 aliphatic carbocycles. The first-order chi connectivity index (χ1) is 7.00. The summed E-state index contributed by atoms with van der Waals surface area (Å²) in [7, 11) is 0. The number of halogens is 1. The highest BCUT2D eigenvalue weighted by Crippen LogP contribution is 2.30. The van der Waals surface area contributed by atoms with Gasteiger partial charge in [-0.05, 0) is 36.1 Å². The predicted molar refractivity (Wildman–Crippen MR) is 74.0 cm³/mol. The fraction of sp³-hybridized carbons (Fsp3) is 0.692. The Kier molecular flexibility index (Phi) is 5.34. The smallest absolute Gasteiger partial charge is 0.0194 e. The lowest BCUT2D eigenvalue weighted by atomic mass is 9.89. The van der Waals surface area contributed by atoms with E-state index in [2.05, 4.69) is 54.2 Å². The first-order valence-electron chi connectivity index (χ1n) is 5.66. The van der Waals surface area contributed by atoms with Crippen molar-refractivity contribution in [3.8, 4) is 0 Å². The van der Waals surface area contributed by atoms with Crippen molar-refractivity contribution in [3.05, 3.63) is 22.4 Å². The van der Waals surface area contributed by atoms with Crippen LogP contribution >= 0.6 is 27.3 Å². The molecule has 0 aromatic carbocycles. The van der Waals surface area contributed by atoms with E-state index in [0.29, 0.717) is 10.2 Å². The number of aryl methyl sites for hydroxylation is 1. The van der Waals surface area contributed by atoms with Crippen molar-refractivity contribution in [1.82, 2.24) is 0 Å². The zero-order valence-corrected chi connectivity index (χ0v) is 12.3. The molecule has 0 saturated carbocycles. The molecule has 0 bridgehead atoms. The molecule has 1 atom stereocenters. The average Bonchev–Trinajstić information content (AvgIpc) is 2.63. The summed E-state index contributed by atoms with van der Waals surface area (Å²) in [4.78, 5) is 2.17. The highest BCUT2D eigenvalue weighted by Gasteiger charge is 2.20. The molecule has 15 heavy (non-hydrogen) atoms. The fourth-order valence-electron chi connectivity index (χ4n) is 1.51. The van der Waals surface area contributed by atoms with E-state index in [1.54, 1.807) is 0 Å². The maximum atomic E-state index is 3.78. The van der Waals surface area contributed by atoms with Crippen molar-refractivity contribution in [2.24, 2.45) is 5.41 Å². The van der Waals surface area contributed by atoms with Crippen molar-refractivity contribution in [1.29, 1.82) is 0 Å². The van der Waals surface area contributed by atoms with Crippen LogP contribution in [0.3, 0.4) is 0 Å². The predicted octanol–water partition coefficient (Wildman–Crippen LogP) is 5.27. The van der Waals surface area contributed by atoms with E-state index in [1.165, 1.54) is 30.6 Å². The summed E-state index contributed by atoms with van der Waals surface area (Å²) in [5.74, 6) is 0. The van der Waals surface area contributed by atoms with Crippen molar-refractivity contribution >= 4 is 27.3 Å². The van der Waals surface area contributed by atoms with Gasteiger partial charge in [0.2, 0.25) is 0 Å². The maximum absolute atomic E-state index is 3.78. The number of hydrogen-bond donors (Lipinski definition) is 0. The summed E-state index contributed by atoms with van der Waals surface area (Å²) in [6, 6.07) is 4.38. The number of rotatable bonds is 5. The molecule has 1 rings (SSSR count). The Labute approximate surface area is 106 Å². The number of unbranched alkanes of at least 4 members (excludes halogenated alkanes) is 1. The Balaban J connectivity index is 2.12. The van der Waals surface area contributed by atoms with Crippen LogP contribution in [0.2, 0.25) is 0 Å². The van der Waals surface area contributed by atoms with Gasteiger partial charge in [-0.1, -0.05) is 49.2 Å². The summed E-state index contributed by atoms with van der Waals surface area (Å²) < 4.78 is 0. The van der Waals surface area contributed by atoms with Gasteiger partial charge in [-0.2, -0.15) is 0 Å². The molecule has 0 spiro atoms. The van der Waals surface area contributed by atoms with Crippen LogP contribution in [-0.4, -0.2) is 4.83 Å². The normalized spacial score (nSPS) is 14.1. The zero-order chi connectivity index (χ0) is 11.3. The van der Waals surface area contributed by atoms with E-state index < -0.39 is 0 Å². The maximum Gasteiger partial charge on any atom is 0.0194 e. The molecule has 0 nitrogen and oxygen atoms in total. The van der Waals surface area contributed by atoms with Gasteiger partial charge >= 0.3 is 0 Å². The topological polar surface area (TPSA) is 0 Å². The molecule has 1 aromatic heterocycles. The lowest BCUT2D eigenvalue weighted by Crippen LogP contribution is -2.19. The van der Waals surface area contributed by atoms with Gasteiger partial charge in [0.1, 0.15) is 0 Å². The van der Waals surface area contributed by atoms with E-state index in [1.807, 2.05) is 11.3 Å². The largest absolute Gasteiger partial charge is 0.149 e. The molecule has 0 amide bonds. The summed E-state index contributed by atoms with van der Waals surface area (Å²) in [6.07, 6.45) is 5.18. The van der Waals surface area contributed by atoms with Crippen LogP contribution in [0.25, 0.3) is 0 Å². The van der Waals surface area contributed by atoms with Crippen molar-refractivity contribution in [2.45, 2.75) is 51.3 Å². The first kappa shape index (κ1) is 13.2. The summed E-state index contributed by atoms with van der Waals surface area (Å²) in [6.45, 7) is 6.89. The van der Waals surface area contributed by atoms with Crippen LogP contribution in [0, 0.1) is 5.41 Å². The van der Waals surface area contributed by atoms with Crippen molar-refractivity contribution in [2.75, 3.05) is 0 Å². The van der Waals surface area contributed by atoms with Gasteiger partial charge in [-0.25, -0.2) is 0 Å². The molecule has 1 unspecified atom stereocenters.